The summed E-state index contributed by atoms with van der Waals surface area (Å²) in [5, 5.41) is 0. The summed E-state index contributed by atoms with van der Waals surface area (Å²) in [5.41, 5.74) is 0. The van der Waals surface area contributed by atoms with E-state index in [9.17, 15) is 8.42 Å². The van der Waals surface area contributed by atoms with Crippen molar-refractivity contribution in [1.82, 2.24) is 4.72 Å². The Labute approximate surface area is 86.8 Å². The van der Waals surface area contributed by atoms with Crippen LogP contribution in [0.3, 0.4) is 0 Å². The highest BCUT2D eigenvalue weighted by atomic mass is 35.5. The van der Waals surface area contributed by atoms with Crippen molar-refractivity contribution in [3.63, 3.8) is 0 Å². The first kappa shape index (κ1) is 11.0. The molecule has 3 nitrogen and oxygen atoms in total. The number of halogens is 1. The highest BCUT2D eigenvalue weighted by molar-refractivity contribution is 7.89. The van der Waals surface area contributed by atoms with Crippen molar-refractivity contribution in [2.24, 2.45) is 0 Å². The fraction of sp³-hybridized carbons (Fsp3) is 0.429. The van der Waals surface area contributed by atoms with Crippen LogP contribution in [0.15, 0.2) is 11.0 Å². The molecule has 6 heteroatoms. The van der Waals surface area contributed by atoms with E-state index in [1.807, 2.05) is 0 Å². The SMILES string of the molecule is CNS(=O)(=O)c1cc(CCl)sc1C. The second-order valence-electron chi connectivity index (χ2n) is 2.47. The maximum Gasteiger partial charge on any atom is 0.241 e. The third-order valence-corrected chi connectivity index (χ3v) is 4.78. The molecule has 0 aliphatic carbocycles. The fourth-order valence-electron chi connectivity index (χ4n) is 0.967. The largest absolute Gasteiger partial charge is 0.241 e. The molecule has 1 rings (SSSR count). The molecule has 0 unspecified atom stereocenters. The molecular formula is C7H10ClNO2S2. The van der Waals surface area contributed by atoms with Crippen LogP contribution >= 0.6 is 22.9 Å². The van der Waals surface area contributed by atoms with Crippen LogP contribution in [0.2, 0.25) is 0 Å². The van der Waals surface area contributed by atoms with Gasteiger partial charge in [0.2, 0.25) is 10.0 Å². The van der Waals surface area contributed by atoms with Crippen molar-refractivity contribution in [2.75, 3.05) is 7.05 Å². The third-order valence-electron chi connectivity index (χ3n) is 1.61. The number of alkyl halides is 1. The average Bonchev–Trinajstić information content (AvgIpc) is 2.47. The number of hydrogen-bond donors (Lipinski definition) is 1. The first-order valence-electron chi connectivity index (χ1n) is 3.60. The highest BCUT2D eigenvalue weighted by Crippen LogP contribution is 2.26. The van der Waals surface area contributed by atoms with E-state index in [2.05, 4.69) is 4.72 Å². The predicted molar refractivity (Wildman–Crippen MR) is 54.9 cm³/mol. The maximum absolute atomic E-state index is 11.4. The van der Waals surface area contributed by atoms with Crippen molar-refractivity contribution in [1.29, 1.82) is 0 Å². The molecule has 0 fully saturated rings. The zero-order chi connectivity index (χ0) is 10.1. The minimum absolute atomic E-state index is 0.329. The number of thiophene rings is 1. The second-order valence-corrected chi connectivity index (χ2v) is 5.94. The van der Waals surface area contributed by atoms with E-state index >= 15 is 0 Å². The number of aryl methyl sites for hydroxylation is 1. The lowest BCUT2D eigenvalue weighted by Crippen LogP contribution is -2.18. The Bertz CT molecular complexity index is 397. The summed E-state index contributed by atoms with van der Waals surface area (Å²) in [5.74, 6) is 0.352. The maximum atomic E-state index is 11.4. The molecule has 1 heterocycles. The van der Waals surface area contributed by atoms with Crippen LogP contribution in [0, 0.1) is 6.92 Å². The van der Waals surface area contributed by atoms with E-state index in [0.717, 1.165) is 9.75 Å². The van der Waals surface area contributed by atoms with Gasteiger partial charge in [0.15, 0.2) is 0 Å². The van der Waals surface area contributed by atoms with E-state index in [1.54, 1.807) is 13.0 Å². The Hall–Kier alpha value is -0.100. The van der Waals surface area contributed by atoms with Crippen molar-refractivity contribution < 1.29 is 8.42 Å². The minimum Gasteiger partial charge on any atom is -0.214 e. The van der Waals surface area contributed by atoms with Gasteiger partial charge < -0.3 is 0 Å². The summed E-state index contributed by atoms with van der Waals surface area (Å²) < 4.78 is 25.1. The van der Waals surface area contributed by atoms with Crippen LogP contribution in [-0.4, -0.2) is 15.5 Å². The van der Waals surface area contributed by atoms with E-state index in [0.29, 0.717) is 10.8 Å². The number of sulfonamides is 1. The Morgan fingerprint density at radius 2 is 2.23 bits per heavy atom. The summed E-state index contributed by atoms with van der Waals surface area (Å²) in [6.45, 7) is 1.77. The lowest BCUT2D eigenvalue weighted by molar-refractivity contribution is 0.588. The topological polar surface area (TPSA) is 46.2 Å². The van der Waals surface area contributed by atoms with Gasteiger partial charge in [-0.2, -0.15) is 0 Å². The Morgan fingerprint density at radius 1 is 1.62 bits per heavy atom. The van der Waals surface area contributed by atoms with Gasteiger partial charge in [-0.25, -0.2) is 13.1 Å². The van der Waals surface area contributed by atoms with Gasteiger partial charge in [0.25, 0.3) is 0 Å². The van der Waals surface area contributed by atoms with Gasteiger partial charge in [-0.05, 0) is 20.0 Å². The lowest BCUT2D eigenvalue weighted by atomic mass is 10.4. The fourth-order valence-corrected chi connectivity index (χ4v) is 3.42. The molecule has 0 aliphatic rings. The molecule has 74 valence electrons. The quantitative estimate of drug-likeness (QED) is 0.817. The summed E-state index contributed by atoms with van der Waals surface area (Å²) in [6.07, 6.45) is 0. The predicted octanol–water partition coefficient (Wildman–Crippen LogP) is 1.70. The monoisotopic (exact) mass is 239 g/mol. The lowest BCUT2D eigenvalue weighted by Gasteiger charge is -1.98. The molecule has 0 spiro atoms. The van der Waals surface area contributed by atoms with Crippen LogP contribution in [0.4, 0.5) is 0 Å². The van der Waals surface area contributed by atoms with E-state index in [1.165, 1.54) is 18.4 Å². The molecule has 1 aromatic heterocycles. The van der Waals surface area contributed by atoms with Crippen molar-refractivity contribution in [3.05, 3.63) is 15.8 Å². The van der Waals surface area contributed by atoms with E-state index < -0.39 is 10.0 Å². The molecule has 0 aromatic carbocycles. The molecule has 0 radical (unpaired) electrons. The molecule has 0 atom stereocenters. The molecule has 13 heavy (non-hydrogen) atoms. The number of hydrogen-bond acceptors (Lipinski definition) is 3. The Morgan fingerprint density at radius 3 is 2.62 bits per heavy atom. The van der Waals surface area contributed by atoms with Crippen LogP contribution in [0.25, 0.3) is 0 Å². The first-order valence-corrected chi connectivity index (χ1v) is 6.43. The van der Waals surface area contributed by atoms with Gasteiger partial charge in [0.1, 0.15) is 0 Å². The summed E-state index contributed by atoms with van der Waals surface area (Å²) in [7, 11) is -1.92. The van der Waals surface area contributed by atoms with E-state index in [-0.39, 0.29) is 0 Å². The molecule has 1 N–H and O–H groups in total. The molecule has 0 saturated carbocycles. The standard InChI is InChI=1S/C7H10ClNO2S2/c1-5-7(13(10,11)9-2)3-6(4-8)12-5/h3,9H,4H2,1-2H3. The molecule has 1 aromatic rings. The molecule has 0 aliphatic heterocycles. The molecular weight excluding hydrogens is 230 g/mol. The summed E-state index contributed by atoms with van der Waals surface area (Å²) in [4.78, 5) is 1.97. The van der Waals surface area contributed by atoms with Crippen LogP contribution in [0.1, 0.15) is 9.75 Å². The van der Waals surface area contributed by atoms with Gasteiger partial charge in [-0.15, -0.1) is 22.9 Å². The number of nitrogens with one attached hydrogen (secondary N) is 1. The second kappa shape index (κ2) is 3.96. The smallest absolute Gasteiger partial charge is 0.214 e. The summed E-state index contributed by atoms with van der Waals surface area (Å²) >= 11 is 7.01. The van der Waals surface area contributed by atoms with Crippen LogP contribution < -0.4 is 4.72 Å². The average molecular weight is 240 g/mol. The Balaban J connectivity index is 3.23. The van der Waals surface area contributed by atoms with Crippen LogP contribution in [-0.2, 0) is 15.9 Å². The van der Waals surface area contributed by atoms with E-state index in [4.69, 9.17) is 11.6 Å². The summed E-state index contributed by atoms with van der Waals surface area (Å²) in [6, 6.07) is 1.61. The van der Waals surface area contributed by atoms with Gasteiger partial charge in [0, 0.05) is 9.75 Å². The molecule has 0 bridgehead atoms. The highest BCUT2D eigenvalue weighted by Gasteiger charge is 2.17. The third kappa shape index (κ3) is 2.22. The normalized spacial score (nSPS) is 11.9. The zero-order valence-electron chi connectivity index (χ0n) is 7.30. The van der Waals surface area contributed by atoms with Gasteiger partial charge in [0.05, 0.1) is 10.8 Å². The van der Waals surface area contributed by atoms with Crippen LogP contribution in [0.5, 0.6) is 0 Å². The molecule has 0 saturated heterocycles. The zero-order valence-corrected chi connectivity index (χ0v) is 9.68. The van der Waals surface area contributed by atoms with Crippen molar-refractivity contribution in [3.8, 4) is 0 Å². The molecule has 0 amide bonds. The van der Waals surface area contributed by atoms with Crippen molar-refractivity contribution >= 4 is 33.0 Å². The number of rotatable bonds is 3. The van der Waals surface area contributed by atoms with Crippen molar-refractivity contribution in [2.45, 2.75) is 17.7 Å². The minimum atomic E-state index is -3.32. The van der Waals surface area contributed by atoms with Gasteiger partial charge in [-0.1, -0.05) is 0 Å². The van der Waals surface area contributed by atoms with Gasteiger partial charge in [-0.3, -0.25) is 0 Å². The van der Waals surface area contributed by atoms with Gasteiger partial charge >= 0.3 is 0 Å². The first-order chi connectivity index (χ1) is 6.01. The Kier molecular flexibility index (Phi) is 3.34.